The van der Waals surface area contributed by atoms with Crippen LogP contribution < -0.4 is 0 Å². The lowest BCUT2D eigenvalue weighted by Crippen LogP contribution is -2.01. The third-order valence-electron chi connectivity index (χ3n) is 11.0. The van der Waals surface area contributed by atoms with E-state index in [0.29, 0.717) is 5.82 Å². The molecule has 3 heteroatoms. The van der Waals surface area contributed by atoms with Crippen molar-refractivity contribution in [3.8, 4) is 50.7 Å². The highest BCUT2D eigenvalue weighted by molar-refractivity contribution is 6.21. The van der Waals surface area contributed by atoms with Gasteiger partial charge in [-0.05, 0) is 73.8 Å². The van der Waals surface area contributed by atoms with E-state index in [4.69, 9.17) is 9.97 Å². The summed E-state index contributed by atoms with van der Waals surface area (Å²) in [5.74, 6) is 0.689. The molecule has 0 N–H and O–H groups in total. The first-order valence-electron chi connectivity index (χ1n) is 18.8. The Bertz CT molecular complexity index is 3210. The first kappa shape index (κ1) is 31.2. The maximum atomic E-state index is 5.37. The first-order valence-corrected chi connectivity index (χ1v) is 18.8. The molecule has 3 nitrogen and oxygen atoms in total. The molecule has 2 heterocycles. The molecule has 0 bridgehead atoms. The molecule has 11 rings (SSSR count). The zero-order chi connectivity index (χ0) is 36.3. The number of fused-ring (bicyclic) bond motifs is 7. The summed E-state index contributed by atoms with van der Waals surface area (Å²) >= 11 is 0. The van der Waals surface area contributed by atoms with Crippen molar-refractivity contribution in [3.05, 3.63) is 200 Å². The molecule has 0 unspecified atom stereocenters. The van der Waals surface area contributed by atoms with Crippen LogP contribution in [0.4, 0.5) is 0 Å². The SMILES string of the molecule is c1ccc(-c2nc(-c3ccccc3-c3c4ccccc4cc4c3ccc3ccccc34)cc(-c3ccccc3-n3c4ccccc4c4ccccc43)n2)cc1. The Kier molecular flexibility index (Phi) is 7.17. The van der Waals surface area contributed by atoms with Crippen LogP contribution in [0.3, 0.4) is 0 Å². The van der Waals surface area contributed by atoms with Crippen molar-refractivity contribution in [1.29, 1.82) is 0 Å². The van der Waals surface area contributed by atoms with Crippen molar-refractivity contribution in [1.82, 2.24) is 14.5 Å². The van der Waals surface area contributed by atoms with Gasteiger partial charge in [0.25, 0.3) is 0 Å². The minimum atomic E-state index is 0.689. The van der Waals surface area contributed by atoms with Gasteiger partial charge >= 0.3 is 0 Å². The van der Waals surface area contributed by atoms with Crippen molar-refractivity contribution >= 4 is 54.1 Å². The van der Waals surface area contributed by atoms with E-state index in [1.54, 1.807) is 0 Å². The molecule has 0 saturated heterocycles. The number of para-hydroxylation sites is 3. The second-order valence-electron chi connectivity index (χ2n) is 14.1. The lowest BCUT2D eigenvalue weighted by atomic mass is 9.87. The van der Waals surface area contributed by atoms with Gasteiger partial charge in [0.15, 0.2) is 5.82 Å². The minimum absolute atomic E-state index is 0.689. The van der Waals surface area contributed by atoms with Crippen molar-refractivity contribution in [2.24, 2.45) is 0 Å². The normalized spacial score (nSPS) is 11.6. The van der Waals surface area contributed by atoms with Crippen LogP contribution in [0, 0.1) is 0 Å². The molecule has 55 heavy (non-hydrogen) atoms. The predicted octanol–water partition coefficient (Wildman–Crippen LogP) is 13.7. The van der Waals surface area contributed by atoms with Gasteiger partial charge in [0, 0.05) is 27.5 Å². The first-order chi connectivity index (χ1) is 27.3. The molecule has 0 amide bonds. The Morgan fingerprint density at radius 2 is 0.873 bits per heavy atom. The summed E-state index contributed by atoms with van der Waals surface area (Å²) in [7, 11) is 0. The fraction of sp³-hybridized carbons (Fsp3) is 0. The van der Waals surface area contributed by atoms with E-state index in [0.717, 1.165) is 50.4 Å². The van der Waals surface area contributed by atoms with E-state index in [2.05, 4.69) is 199 Å². The van der Waals surface area contributed by atoms with Gasteiger partial charge in [0.05, 0.1) is 28.1 Å². The zero-order valence-electron chi connectivity index (χ0n) is 29.9. The number of nitrogens with zero attached hydrogens (tertiary/aromatic N) is 3. The van der Waals surface area contributed by atoms with Crippen molar-refractivity contribution in [3.63, 3.8) is 0 Å². The van der Waals surface area contributed by atoms with Gasteiger partial charge in [-0.15, -0.1) is 0 Å². The summed E-state index contributed by atoms with van der Waals surface area (Å²) in [5, 5.41) is 9.84. The zero-order valence-corrected chi connectivity index (χ0v) is 29.9. The third-order valence-corrected chi connectivity index (χ3v) is 11.0. The molecule has 0 radical (unpaired) electrons. The fourth-order valence-corrected chi connectivity index (χ4v) is 8.54. The van der Waals surface area contributed by atoms with Gasteiger partial charge in [-0.3, -0.25) is 0 Å². The Balaban J connectivity index is 1.20. The van der Waals surface area contributed by atoms with Crippen LogP contribution in [0.25, 0.3) is 105 Å². The molecule has 9 aromatic carbocycles. The highest BCUT2D eigenvalue weighted by Gasteiger charge is 2.21. The lowest BCUT2D eigenvalue weighted by molar-refractivity contribution is 1.15. The number of hydrogen-bond donors (Lipinski definition) is 0. The molecular weight excluding hydrogens is 667 g/mol. The van der Waals surface area contributed by atoms with Gasteiger partial charge in [0.1, 0.15) is 0 Å². The maximum Gasteiger partial charge on any atom is 0.160 e. The smallest absolute Gasteiger partial charge is 0.160 e. The van der Waals surface area contributed by atoms with E-state index in [1.165, 1.54) is 48.7 Å². The molecule has 0 fully saturated rings. The minimum Gasteiger partial charge on any atom is -0.309 e. The average molecular weight is 700 g/mol. The van der Waals surface area contributed by atoms with Crippen molar-refractivity contribution < 1.29 is 0 Å². The van der Waals surface area contributed by atoms with Gasteiger partial charge in [0.2, 0.25) is 0 Å². The third kappa shape index (κ3) is 5.05. The fourth-order valence-electron chi connectivity index (χ4n) is 8.54. The average Bonchev–Trinajstić information content (AvgIpc) is 3.60. The second kappa shape index (κ2) is 12.6. The van der Waals surface area contributed by atoms with Crippen LogP contribution >= 0.6 is 0 Å². The van der Waals surface area contributed by atoms with E-state index >= 15 is 0 Å². The lowest BCUT2D eigenvalue weighted by Gasteiger charge is -2.18. The molecule has 0 spiro atoms. The molecule has 0 atom stereocenters. The largest absolute Gasteiger partial charge is 0.309 e. The summed E-state index contributed by atoms with van der Waals surface area (Å²) < 4.78 is 2.38. The highest BCUT2D eigenvalue weighted by atomic mass is 15.0. The van der Waals surface area contributed by atoms with Crippen LogP contribution in [0.15, 0.2) is 200 Å². The Morgan fingerprint density at radius 1 is 0.327 bits per heavy atom. The van der Waals surface area contributed by atoms with Crippen LogP contribution in [0.5, 0.6) is 0 Å². The summed E-state index contributed by atoms with van der Waals surface area (Å²) in [5.41, 5.74) is 10.5. The summed E-state index contributed by atoms with van der Waals surface area (Å²) in [6.45, 7) is 0. The van der Waals surface area contributed by atoms with E-state index in [-0.39, 0.29) is 0 Å². The number of rotatable bonds is 5. The van der Waals surface area contributed by atoms with Crippen molar-refractivity contribution in [2.45, 2.75) is 0 Å². The molecule has 2 aromatic heterocycles. The topological polar surface area (TPSA) is 30.7 Å². The second-order valence-corrected chi connectivity index (χ2v) is 14.1. The van der Waals surface area contributed by atoms with Crippen LogP contribution in [0.1, 0.15) is 0 Å². The molecule has 0 saturated carbocycles. The monoisotopic (exact) mass is 699 g/mol. The van der Waals surface area contributed by atoms with Crippen LogP contribution in [-0.4, -0.2) is 14.5 Å². The quantitative estimate of drug-likeness (QED) is 0.132. The Labute approximate surface area is 318 Å². The number of aromatic nitrogens is 3. The summed E-state index contributed by atoms with van der Waals surface area (Å²) in [6, 6.07) is 71.5. The maximum absolute atomic E-state index is 5.37. The van der Waals surface area contributed by atoms with Crippen LogP contribution in [0.2, 0.25) is 0 Å². The standard InChI is InChI=1S/C52H33N3/c1-2-17-35(18-3-1)52-53-46(33-47(54-52)44-26-12-15-29-50(44)55-48-27-13-10-23-40(48)41-24-11-14-28-49(41)55)39-22-8-9-25-42(39)51-38-21-7-5-19-36(38)32-45-37-20-6-4-16-34(37)30-31-43(45)51/h1-33H. The van der Waals surface area contributed by atoms with Gasteiger partial charge in [-0.2, -0.15) is 0 Å². The number of benzene rings is 9. The molecular formula is C52H33N3. The Morgan fingerprint density at radius 3 is 1.62 bits per heavy atom. The molecule has 256 valence electrons. The van der Waals surface area contributed by atoms with E-state index < -0.39 is 0 Å². The number of hydrogen-bond acceptors (Lipinski definition) is 2. The van der Waals surface area contributed by atoms with Gasteiger partial charge < -0.3 is 4.57 Å². The van der Waals surface area contributed by atoms with Gasteiger partial charge in [-0.1, -0.05) is 170 Å². The summed E-state index contributed by atoms with van der Waals surface area (Å²) in [4.78, 5) is 10.7. The molecule has 0 aliphatic heterocycles. The highest BCUT2D eigenvalue weighted by Crippen LogP contribution is 2.44. The van der Waals surface area contributed by atoms with E-state index in [1.807, 2.05) is 6.07 Å². The Hall–Kier alpha value is -7.36. The molecule has 11 aromatic rings. The van der Waals surface area contributed by atoms with Crippen LogP contribution in [-0.2, 0) is 0 Å². The predicted molar refractivity (Wildman–Crippen MR) is 231 cm³/mol. The molecule has 0 aliphatic rings. The van der Waals surface area contributed by atoms with E-state index in [9.17, 15) is 0 Å². The molecule has 0 aliphatic carbocycles. The van der Waals surface area contributed by atoms with Gasteiger partial charge in [-0.25, -0.2) is 9.97 Å². The summed E-state index contributed by atoms with van der Waals surface area (Å²) in [6.07, 6.45) is 0. The van der Waals surface area contributed by atoms with Crippen molar-refractivity contribution in [2.75, 3.05) is 0 Å².